The minimum atomic E-state index is 0.0776. The number of carbonyl (C=O) groups excluding carboxylic acids is 1. The Kier molecular flexibility index (Phi) is 5.05. The number of anilines is 1. The third kappa shape index (κ3) is 3.94. The number of hydrogen-bond donors (Lipinski definition) is 0. The minimum absolute atomic E-state index is 0.0776. The molecule has 0 bridgehead atoms. The summed E-state index contributed by atoms with van der Waals surface area (Å²) in [6.07, 6.45) is 0.401. The molecule has 1 amide bonds. The van der Waals surface area contributed by atoms with Gasteiger partial charge >= 0.3 is 0 Å². The molecule has 0 aliphatic heterocycles. The molecule has 0 unspecified atom stereocenters. The summed E-state index contributed by atoms with van der Waals surface area (Å²) in [7, 11) is 0. The van der Waals surface area contributed by atoms with Crippen molar-refractivity contribution in [3.63, 3.8) is 0 Å². The molecule has 5 heteroatoms. The van der Waals surface area contributed by atoms with Crippen LogP contribution in [0.25, 0.3) is 10.2 Å². The second-order valence-corrected chi connectivity index (χ2v) is 8.66. The summed E-state index contributed by atoms with van der Waals surface area (Å²) < 4.78 is 1.12. The number of fused-ring (bicyclic) bond motifs is 1. The van der Waals surface area contributed by atoms with Crippen LogP contribution in [0.4, 0.5) is 5.13 Å². The molecule has 0 radical (unpaired) electrons. The minimum Gasteiger partial charge on any atom is -0.283 e. The van der Waals surface area contributed by atoms with E-state index in [1.54, 1.807) is 22.7 Å². The van der Waals surface area contributed by atoms with E-state index in [1.807, 2.05) is 52.7 Å². The first kappa shape index (κ1) is 17.9. The maximum atomic E-state index is 13.1. The van der Waals surface area contributed by atoms with Gasteiger partial charge in [-0.25, -0.2) is 4.98 Å². The van der Waals surface area contributed by atoms with E-state index >= 15 is 0 Å². The maximum Gasteiger partial charge on any atom is 0.234 e. The van der Waals surface area contributed by atoms with Crippen LogP contribution < -0.4 is 4.90 Å². The van der Waals surface area contributed by atoms with E-state index in [4.69, 9.17) is 4.98 Å². The van der Waals surface area contributed by atoms with Gasteiger partial charge in [0.1, 0.15) is 0 Å². The van der Waals surface area contributed by atoms with Crippen molar-refractivity contribution in [3.05, 3.63) is 81.5 Å². The largest absolute Gasteiger partial charge is 0.283 e. The molecule has 4 rings (SSSR count). The van der Waals surface area contributed by atoms with E-state index < -0.39 is 0 Å². The van der Waals surface area contributed by atoms with Gasteiger partial charge in [0, 0.05) is 4.88 Å². The van der Waals surface area contributed by atoms with Gasteiger partial charge in [-0.2, -0.15) is 0 Å². The van der Waals surface area contributed by atoms with Gasteiger partial charge in [-0.1, -0.05) is 47.7 Å². The standard InChI is InChI=1S/C22H20N2OS2/c1-15-11-19-20(12-16(15)2)27-22(23-19)24(14-17-7-4-3-5-8-17)21(25)13-18-9-6-10-26-18/h3-12H,13-14H2,1-2H3. The molecule has 0 spiro atoms. The molecule has 0 N–H and O–H groups in total. The van der Waals surface area contributed by atoms with Crippen molar-refractivity contribution in [3.8, 4) is 0 Å². The number of aromatic nitrogens is 1. The molecule has 4 aromatic rings. The van der Waals surface area contributed by atoms with Crippen LogP contribution in [-0.4, -0.2) is 10.9 Å². The number of thiophene rings is 1. The van der Waals surface area contributed by atoms with Crippen molar-refractivity contribution in [2.75, 3.05) is 4.90 Å². The van der Waals surface area contributed by atoms with Crippen LogP contribution in [0.2, 0.25) is 0 Å². The number of hydrogen-bond acceptors (Lipinski definition) is 4. The Morgan fingerprint density at radius 2 is 1.81 bits per heavy atom. The molecule has 2 heterocycles. The molecule has 0 aliphatic rings. The van der Waals surface area contributed by atoms with Gasteiger partial charge in [-0.05, 0) is 54.1 Å². The number of amides is 1. The quantitative estimate of drug-likeness (QED) is 0.433. The SMILES string of the molecule is Cc1cc2nc(N(Cc3ccccc3)C(=O)Cc3cccs3)sc2cc1C. The average molecular weight is 393 g/mol. The summed E-state index contributed by atoms with van der Waals surface area (Å²) in [5.41, 5.74) is 4.53. The van der Waals surface area contributed by atoms with Crippen LogP contribution in [0.15, 0.2) is 60.0 Å². The highest BCUT2D eigenvalue weighted by molar-refractivity contribution is 7.22. The zero-order valence-corrected chi connectivity index (χ0v) is 16.9. The normalized spacial score (nSPS) is 11.0. The molecule has 0 saturated carbocycles. The lowest BCUT2D eigenvalue weighted by Gasteiger charge is -2.19. The molecule has 0 saturated heterocycles. The van der Waals surface area contributed by atoms with Crippen molar-refractivity contribution in [1.29, 1.82) is 0 Å². The van der Waals surface area contributed by atoms with Crippen LogP contribution in [-0.2, 0) is 17.8 Å². The van der Waals surface area contributed by atoms with Crippen molar-refractivity contribution in [1.82, 2.24) is 4.98 Å². The van der Waals surface area contributed by atoms with Gasteiger partial charge in [0.25, 0.3) is 0 Å². The van der Waals surface area contributed by atoms with E-state index in [0.29, 0.717) is 13.0 Å². The molecule has 0 fully saturated rings. The van der Waals surface area contributed by atoms with Crippen LogP contribution in [0, 0.1) is 13.8 Å². The predicted octanol–water partition coefficient (Wildman–Crippen LogP) is 5.75. The highest BCUT2D eigenvalue weighted by atomic mass is 32.1. The number of aryl methyl sites for hydroxylation is 2. The highest BCUT2D eigenvalue weighted by Crippen LogP contribution is 2.32. The summed E-state index contributed by atoms with van der Waals surface area (Å²) in [4.78, 5) is 20.8. The third-order valence-electron chi connectivity index (χ3n) is 4.61. The summed E-state index contributed by atoms with van der Waals surface area (Å²) in [5, 5.41) is 2.77. The van der Waals surface area contributed by atoms with Crippen LogP contribution >= 0.6 is 22.7 Å². The van der Waals surface area contributed by atoms with E-state index in [1.165, 1.54) is 11.1 Å². The Hall–Kier alpha value is -2.50. The van der Waals surface area contributed by atoms with Crippen LogP contribution in [0.1, 0.15) is 21.6 Å². The van der Waals surface area contributed by atoms with Gasteiger partial charge in [0.15, 0.2) is 5.13 Å². The molecule has 27 heavy (non-hydrogen) atoms. The summed E-state index contributed by atoms with van der Waals surface area (Å²) in [6, 6.07) is 18.4. The topological polar surface area (TPSA) is 33.2 Å². The van der Waals surface area contributed by atoms with Crippen molar-refractivity contribution < 1.29 is 4.79 Å². The Morgan fingerprint density at radius 1 is 1.04 bits per heavy atom. The fourth-order valence-electron chi connectivity index (χ4n) is 2.97. The first-order chi connectivity index (χ1) is 13.1. The summed E-state index contributed by atoms with van der Waals surface area (Å²) in [5.74, 6) is 0.0776. The fraction of sp³-hybridized carbons (Fsp3) is 0.182. The zero-order valence-electron chi connectivity index (χ0n) is 15.3. The third-order valence-corrected chi connectivity index (χ3v) is 6.53. The van der Waals surface area contributed by atoms with E-state index in [9.17, 15) is 4.79 Å². The number of carbonyl (C=O) groups is 1. The summed E-state index contributed by atoms with van der Waals surface area (Å²) in [6.45, 7) is 4.73. The van der Waals surface area contributed by atoms with Gasteiger partial charge in [-0.15, -0.1) is 11.3 Å². The number of rotatable bonds is 5. The molecular weight excluding hydrogens is 372 g/mol. The van der Waals surface area contributed by atoms with Crippen molar-refractivity contribution >= 4 is 43.9 Å². The second-order valence-electron chi connectivity index (χ2n) is 6.62. The fourth-order valence-corrected chi connectivity index (χ4v) is 4.73. The Morgan fingerprint density at radius 3 is 2.56 bits per heavy atom. The van der Waals surface area contributed by atoms with Gasteiger partial charge in [0.2, 0.25) is 5.91 Å². The Balaban J connectivity index is 1.71. The first-order valence-corrected chi connectivity index (χ1v) is 10.5. The number of benzene rings is 2. The Bertz CT molecular complexity index is 1030. The highest BCUT2D eigenvalue weighted by Gasteiger charge is 2.21. The molecule has 0 atom stereocenters. The smallest absolute Gasteiger partial charge is 0.234 e. The van der Waals surface area contributed by atoms with Crippen LogP contribution in [0.5, 0.6) is 0 Å². The van der Waals surface area contributed by atoms with Crippen LogP contribution in [0.3, 0.4) is 0 Å². The summed E-state index contributed by atoms with van der Waals surface area (Å²) >= 11 is 3.20. The lowest BCUT2D eigenvalue weighted by Crippen LogP contribution is -2.31. The molecule has 2 aromatic carbocycles. The van der Waals surface area contributed by atoms with E-state index in [-0.39, 0.29) is 5.91 Å². The monoisotopic (exact) mass is 392 g/mol. The predicted molar refractivity (Wildman–Crippen MR) is 115 cm³/mol. The lowest BCUT2D eigenvalue weighted by molar-refractivity contribution is -0.118. The maximum absolute atomic E-state index is 13.1. The second kappa shape index (κ2) is 7.62. The molecular formula is C22H20N2OS2. The zero-order chi connectivity index (χ0) is 18.8. The molecule has 3 nitrogen and oxygen atoms in total. The van der Waals surface area contributed by atoms with Crippen molar-refractivity contribution in [2.45, 2.75) is 26.8 Å². The molecule has 136 valence electrons. The van der Waals surface area contributed by atoms with E-state index in [2.05, 4.69) is 26.0 Å². The number of nitrogens with zero attached hydrogens (tertiary/aromatic N) is 2. The molecule has 2 aromatic heterocycles. The molecule has 0 aliphatic carbocycles. The van der Waals surface area contributed by atoms with E-state index in [0.717, 1.165) is 25.8 Å². The lowest BCUT2D eigenvalue weighted by atomic mass is 10.1. The first-order valence-electron chi connectivity index (χ1n) is 8.84. The number of thiazole rings is 1. The van der Waals surface area contributed by atoms with Gasteiger partial charge < -0.3 is 0 Å². The van der Waals surface area contributed by atoms with Gasteiger partial charge in [0.05, 0.1) is 23.2 Å². The average Bonchev–Trinajstić information content (AvgIpc) is 3.30. The van der Waals surface area contributed by atoms with Gasteiger partial charge in [-0.3, -0.25) is 9.69 Å². The Labute approximate surface area is 166 Å². The van der Waals surface area contributed by atoms with Crippen molar-refractivity contribution in [2.24, 2.45) is 0 Å².